The summed E-state index contributed by atoms with van der Waals surface area (Å²) in [5, 5.41) is 9.52. The first-order valence-electron chi connectivity index (χ1n) is 35.9. The largest absolute Gasteiger partial charge is 0.309 e. The minimum Gasteiger partial charge on any atom is -0.309 e. The Morgan fingerprint density at radius 3 is 0.694 bits per heavy atom. The van der Waals surface area contributed by atoms with Crippen molar-refractivity contribution in [2.45, 2.75) is 0 Å². The summed E-state index contributed by atoms with van der Waals surface area (Å²) in [5.41, 5.74) is 14.3. The highest BCUT2D eigenvalue weighted by Gasteiger charge is 2.31. The minimum atomic E-state index is -3.09. The van der Waals surface area contributed by atoms with Crippen LogP contribution in [0.2, 0.25) is 0 Å². The van der Waals surface area contributed by atoms with E-state index in [2.05, 4.69) is 146 Å². The van der Waals surface area contributed by atoms with Gasteiger partial charge in [0.1, 0.15) is 0 Å². The van der Waals surface area contributed by atoms with Gasteiger partial charge in [-0.2, -0.15) is 0 Å². The third-order valence-electron chi connectivity index (χ3n) is 19.6. The highest BCUT2D eigenvalue weighted by molar-refractivity contribution is 7.85. The fraction of sp³-hybridized carbons (Fsp3) is 0. The molecule has 108 heavy (non-hydrogen) atoms. The zero-order valence-electron chi connectivity index (χ0n) is 58.7. The summed E-state index contributed by atoms with van der Waals surface area (Å²) in [5.74, 6) is 3.78. The standard InChI is InChI=1S/2C49H34N3OP/c53-54(42-21-9-3-10-22-42,43-23-11-4-12-24-43)44-31-29-36(30-32-44)46-34-41-20-14-13-19-40(41)33-45(46)35-25-27-39(28-26-35)49-51-47(37-15-5-1-6-16-37)50-48(52-49)38-17-7-2-8-18-38;53-54(42-20-9-3-10-21-42,43-22-11-4-12-23-43)44-31-29-36(30-32-44)46-34-41(33-40-19-13-14-24-45(40)46)35-25-27-39(28-26-35)49-51-47(37-15-5-1-6-16-37)50-48(52-49)38-17-7-2-8-18-38/h2*1-34H. The van der Waals surface area contributed by atoms with Crippen LogP contribution in [-0.2, 0) is 9.13 Å². The van der Waals surface area contributed by atoms with Crippen LogP contribution in [0.15, 0.2) is 413 Å². The van der Waals surface area contributed by atoms with Gasteiger partial charge in [-0.1, -0.05) is 388 Å². The first kappa shape index (κ1) is 67.7. The lowest BCUT2D eigenvalue weighted by molar-refractivity contribution is 0.591. The van der Waals surface area contributed by atoms with E-state index >= 15 is 9.13 Å². The van der Waals surface area contributed by atoms with Crippen molar-refractivity contribution >= 4 is 67.7 Å². The normalized spacial score (nSPS) is 11.4. The molecule has 0 unspecified atom stereocenters. The van der Waals surface area contributed by atoms with Gasteiger partial charge in [0, 0.05) is 65.2 Å². The van der Waals surface area contributed by atoms with Gasteiger partial charge in [0.25, 0.3) is 0 Å². The Morgan fingerprint density at radius 1 is 0.157 bits per heavy atom. The van der Waals surface area contributed by atoms with Crippen LogP contribution in [-0.4, -0.2) is 29.9 Å². The van der Waals surface area contributed by atoms with Gasteiger partial charge >= 0.3 is 0 Å². The molecule has 0 fully saturated rings. The lowest BCUT2D eigenvalue weighted by Gasteiger charge is -2.20. The molecule has 0 saturated carbocycles. The predicted octanol–water partition coefficient (Wildman–Crippen LogP) is 22.0. The van der Waals surface area contributed by atoms with Gasteiger partial charge in [0.05, 0.1) is 0 Å². The van der Waals surface area contributed by atoms with E-state index in [9.17, 15) is 0 Å². The summed E-state index contributed by atoms with van der Waals surface area (Å²) < 4.78 is 30.1. The smallest absolute Gasteiger partial charge is 0.171 e. The molecule has 0 N–H and O–H groups in total. The summed E-state index contributed by atoms with van der Waals surface area (Å²) in [6.45, 7) is 0. The highest BCUT2D eigenvalue weighted by atomic mass is 31.2. The molecular formula is C98H68N6O2P2. The summed E-state index contributed by atoms with van der Waals surface area (Å²) in [7, 11) is -6.17. The Hall–Kier alpha value is -13.5. The Kier molecular flexibility index (Phi) is 19.0. The minimum absolute atomic E-state index is 0.616. The fourth-order valence-corrected chi connectivity index (χ4v) is 19.4. The molecule has 0 aliphatic heterocycles. The molecule has 0 aliphatic rings. The molecule has 0 atom stereocenters. The van der Waals surface area contributed by atoms with Crippen LogP contribution in [0.5, 0.6) is 0 Å². The Morgan fingerprint density at radius 2 is 0.380 bits per heavy atom. The number of hydrogen-bond donors (Lipinski definition) is 0. The van der Waals surface area contributed by atoms with Crippen LogP contribution in [0.3, 0.4) is 0 Å². The molecular weight excluding hydrogens is 1360 g/mol. The van der Waals surface area contributed by atoms with Gasteiger partial charge in [0.2, 0.25) is 0 Å². The van der Waals surface area contributed by atoms with E-state index in [4.69, 9.17) is 29.9 Å². The molecule has 0 spiro atoms. The summed E-state index contributed by atoms with van der Waals surface area (Å²) >= 11 is 0. The number of aromatic nitrogens is 6. The van der Waals surface area contributed by atoms with Crippen LogP contribution in [0.1, 0.15) is 0 Å². The van der Waals surface area contributed by atoms with Crippen LogP contribution in [0.25, 0.3) is 134 Å². The van der Waals surface area contributed by atoms with Crippen molar-refractivity contribution in [1.29, 1.82) is 0 Å². The third-order valence-corrected chi connectivity index (χ3v) is 25.8. The third kappa shape index (κ3) is 13.9. The molecule has 0 saturated heterocycles. The summed E-state index contributed by atoms with van der Waals surface area (Å²) in [6.07, 6.45) is 0. The Bertz CT molecular complexity index is 6090. The zero-order chi connectivity index (χ0) is 72.6. The Balaban J connectivity index is 0.000000158. The van der Waals surface area contributed by atoms with E-state index in [1.807, 2.05) is 267 Å². The van der Waals surface area contributed by atoms with E-state index in [0.717, 1.165) is 131 Å². The average molecular weight is 1420 g/mol. The number of nitrogens with zero attached hydrogens (tertiary/aromatic N) is 6. The highest BCUT2D eigenvalue weighted by Crippen LogP contribution is 2.46. The second-order valence-electron chi connectivity index (χ2n) is 26.4. The van der Waals surface area contributed by atoms with Gasteiger partial charge in [-0.05, 0) is 90.3 Å². The van der Waals surface area contributed by atoms with Crippen LogP contribution >= 0.6 is 14.3 Å². The van der Waals surface area contributed by atoms with Crippen LogP contribution in [0, 0.1) is 0 Å². The van der Waals surface area contributed by atoms with Crippen LogP contribution < -0.4 is 31.8 Å². The van der Waals surface area contributed by atoms with Crippen molar-refractivity contribution in [3.63, 3.8) is 0 Å². The molecule has 8 nitrogen and oxygen atoms in total. The van der Waals surface area contributed by atoms with Gasteiger partial charge in [-0.3, -0.25) is 0 Å². The molecule has 16 aromatic carbocycles. The molecule has 18 rings (SSSR count). The lowest BCUT2D eigenvalue weighted by atomic mass is 9.91. The molecule has 0 aliphatic carbocycles. The molecule has 512 valence electrons. The first-order chi connectivity index (χ1) is 53.3. The van der Waals surface area contributed by atoms with Crippen molar-refractivity contribution in [1.82, 2.24) is 29.9 Å². The van der Waals surface area contributed by atoms with Crippen molar-refractivity contribution in [2.24, 2.45) is 0 Å². The molecule has 2 heterocycles. The molecule has 0 amide bonds. The van der Waals surface area contributed by atoms with Gasteiger partial charge in [-0.25, -0.2) is 29.9 Å². The van der Waals surface area contributed by atoms with E-state index in [-0.39, 0.29) is 0 Å². The second-order valence-corrected chi connectivity index (χ2v) is 31.9. The monoisotopic (exact) mass is 1420 g/mol. The number of hydrogen-bond acceptors (Lipinski definition) is 8. The second kappa shape index (κ2) is 30.3. The zero-order valence-corrected chi connectivity index (χ0v) is 60.4. The molecule has 18 aromatic rings. The average Bonchev–Trinajstić information content (AvgIpc) is 0.763. The quantitative estimate of drug-likeness (QED) is 0.0880. The van der Waals surface area contributed by atoms with Gasteiger partial charge in [0.15, 0.2) is 49.2 Å². The van der Waals surface area contributed by atoms with Crippen molar-refractivity contribution in [3.05, 3.63) is 413 Å². The number of benzene rings is 16. The summed E-state index contributed by atoms with van der Waals surface area (Å²) in [4.78, 5) is 29.4. The predicted molar refractivity (Wildman–Crippen MR) is 448 cm³/mol. The summed E-state index contributed by atoms with van der Waals surface area (Å²) in [6, 6.07) is 139. The van der Waals surface area contributed by atoms with Gasteiger partial charge in [-0.15, -0.1) is 0 Å². The van der Waals surface area contributed by atoms with E-state index in [1.54, 1.807) is 0 Å². The van der Waals surface area contributed by atoms with Gasteiger partial charge < -0.3 is 9.13 Å². The van der Waals surface area contributed by atoms with Crippen LogP contribution in [0.4, 0.5) is 0 Å². The maximum atomic E-state index is 15.1. The maximum Gasteiger partial charge on any atom is 0.171 e. The fourth-order valence-electron chi connectivity index (χ4n) is 14.1. The van der Waals surface area contributed by atoms with Crippen molar-refractivity contribution in [3.8, 4) is 113 Å². The van der Waals surface area contributed by atoms with Crippen molar-refractivity contribution in [2.75, 3.05) is 0 Å². The van der Waals surface area contributed by atoms with E-state index in [1.165, 1.54) is 0 Å². The maximum absolute atomic E-state index is 15.1. The molecule has 0 bridgehead atoms. The molecule has 10 heteroatoms. The molecule has 0 radical (unpaired) electrons. The SMILES string of the molecule is O=P(c1ccccc1)(c1ccccc1)c1ccc(-c2cc(-c3ccc(-c4nc(-c5ccccc5)nc(-c5ccccc5)n4)cc3)cc3ccccc23)cc1.O=P(c1ccccc1)(c1ccccc1)c1ccc(-c2cc3ccccc3cc2-c2ccc(-c3nc(-c4ccccc4)nc(-c4ccccc4)n3)cc2)cc1. The van der Waals surface area contributed by atoms with E-state index in [0.29, 0.717) is 34.9 Å². The van der Waals surface area contributed by atoms with Crippen molar-refractivity contribution < 1.29 is 9.13 Å². The number of fused-ring (bicyclic) bond motifs is 2. The lowest BCUT2D eigenvalue weighted by Crippen LogP contribution is -2.24. The molecule has 2 aromatic heterocycles. The number of rotatable bonds is 16. The van der Waals surface area contributed by atoms with E-state index < -0.39 is 14.3 Å². The first-order valence-corrected chi connectivity index (χ1v) is 39.3. The topological polar surface area (TPSA) is 111 Å². The Labute approximate surface area is 628 Å².